The Morgan fingerprint density at radius 3 is 2.27 bits per heavy atom. The number of pyridine rings is 1. The lowest BCUT2D eigenvalue weighted by molar-refractivity contribution is 1.08. The minimum absolute atomic E-state index is 0.742. The zero-order chi connectivity index (χ0) is 17.5. The first-order chi connectivity index (χ1) is 12.8. The summed E-state index contributed by atoms with van der Waals surface area (Å²) in [7, 11) is 0. The molecule has 3 heteroatoms. The highest BCUT2D eigenvalue weighted by Crippen LogP contribution is 2.37. The highest BCUT2D eigenvalue weighted by Gasteiger charge is 2.16. The van der Waals surface area contributed by atoms with Crippen LogP contribution in [0.15, 0.2) is 91.1 Å². The highest BCUT2D eigenvalue weighted by atomic mass is 35.5. The molecule has 0 aliphatic rings. The smallest absolute Gasteiger partial charge is 0.137 e. The lowest BCUT2D eigenvalue weighted by Gasteiger charge is -2.10. The van der Waals surface area contributed by atoms with Gasteiger partial charge < -0.3 is 0 Å². The number of nitrogens with zero attached hydrogens (tertiary/aromatic N) is 2. The van der Waals surface area contributed by atoms with Gasteiger partial charge in [0.1, 0.15) is 5.82 Å². The Bertz CT molecular complexity index is 1220. The average Bonchev–Trinajstić information content (AvgIpc) is 3.04. The van der Waals surface area contributed by atoms with E-state index in [0.717, 1.165) is 27.4 Å². The van der Waals surface area contributed by atoms with Gasteiger partial charge in [0.2, 0.25) is 0 Å². The van der Waals surface area contributed by atoms with Gasteiger partial charge >= 0.3 is 0 Å². The van der Waals surface area contributed by atoms with Crippen molar-refractivity contribution in [3.63, 3.8) is 0 Å². The Labute approximate surface area is 156 Å². The summed E-state index contributed by atoms with van der Waals surface area (Å²) >= 11 is 6.09. The Morgan fingerprint density at radius 1 is 0.692 bits per heavy atom. The van der Waals surface area contributed by atoms with Crippen LogP contribution in [0, 0.1) is 0 Å². The van der Waals surface area contributed by atoms with Gasteiger partial charge in [0, 0.05) is 27.6 Å². The molecule has 0 saturated heterocycles. The number of halogens is 1. The maximum Gasteiger partial charge on any atom is 0.137 e. The monoisotopic (exact) mass is 354 g/mol. The normalized spacial score (nSPS) is 11.3. The molecule has 26 heavy (non-hydrogen) atoms. The Hall–Kier alpha value is -3.10. The minimum Gasteiger partial charge on any atom is -0.293 e. The molecule has 0 spiro atoms. The van der Waals surface area contributed by atoms with E-state index in [1.165, 1.54) is 16.3 Å². The Balaban J connectivity index is 1.96. The second-order valence-corrected chi connectivity index (χ2v) is 6.69. The summed E-state index contributed by atoms with van der Waals surface area (Å²) < 4.78 is 2.24. The van der Waals surface area contributed by atoms with E-state index in [9.17, 15) is 0 Å². The number of hydrogen-bond acceptors (Lipinski definition) is 1. The summed E-state index contributed by atoms with van der Waals surface area (Å²) in [6.07, 6.45) is 1.83. The Morgan fingerprint density at radius 2 is 1.46 bits per heavy atom. The van der Waals surface area contributed by atoms with Crippen molar-refractivity contribution >= 4 is 33.4 Å². The first-order valence-electron chi connectivity index (χ1n) is 8.52. The molecule has 0 atom stereocenters. The highest BCUT2D eigenvalue weighted by molar-refractivity contribution is 6.30. The van der Waals surface area contributed by atoms with Crippen molar-refractivity contribution in [3.05, 3.63) is 96.1 Å². The first-order valence-corrected chi connectivity index (χ1v) is 8.90. The molecule has 5 aromatic rings. The topological polar surface area (TPSA) is 17.8 Å². The molecule has 3 aromatic carbocycles. The van der Waals surface area contributed by atoms with E-state index >= 15 is 0 Å². The number of fused-ring (bicyclic) bond motifs is 3. The molecule has 2 nitrogen and oxygen atoms in total. The molecule has 0 bridgehead atoms. The minimum atomic E-state index is 0.742. The van der Waals surface area contributed by atoms with Gasteiger partial charge in [0.15, 0.2) is 0 Å². The van der Waals surface area contributed by atoms with Crippen LogP contribution in [0.5, 0.6) is 0 Å². The van der Waals surface area contributed by atoms with E-state index in [1.807, 2.05) is 36.5 Å². The fraction of sp³-hybridized carbons (Fsp3) is 0. The third-order valence-electron chi connectivity index (χ3n) is 4.73. The van der Waals surface area contributed by atoms with Crippen molar-refractivity contribution in [2.75, 3.05) is 0 Å². The van der Waals surface area contributed by atoms with Crippen molar-refractivity contribution in [1.82, 2.24) is 9.55 Å². The standard InChI is InChI=1S/C23H15ClN2/c24-17-13-11-16(12-14-17)18-7-5-8-20-19-6-1-2-9-21(19)26(23(18)20)22-10-3-4-15-25-22/h1-15H. The van der Waals surface area contributed by atoms with Gasteiger partial charge in [0.25, 0.3) is 0 Å². The number of aromatic nitrogens is 2. The molecule has 2 heterocycles. The summed E-state index contributed by atoms with van der Waals surface area (Å²) in [5.74, 6) is 0.917. The van der Waals surface area contributed by atoms with Gasteiger partial charge in [-0.3, -0.25) is 4.57 Å². The quantitative estimate of drug-likeness (QED) is 0.354. The number of para-hydroxylation sites is 2. The molecule has 0 fully saturated rings. The molecule has 0 unspecified atom stereocenters. The van der Waals surface area contributed by atoms with Gasteiger partial charge in [-0.25, -0.2) is 4.98 Å². The first kappa shape index (κ1) is 15.2. The van der Waals surface area contributed by atoms with Crippen molar-refractivity contribution in [2.45, 2.75) is 0 Å². The maximum atomic E-state index is 6.09. The molecule has 5 rings (SSSR count). The van der Waals surface area contributed by atoms with Crippen LogP contribution in [0.25, 0.3) is 38.8 Å². The van der Waals surface area contributed by atoms with Gasteiger partial charge in [-0.1, -0.05) is 66.2 Å². The molecular weight excluding hydrogens is 340 g/mol. The van der Waals surface area contributed by atoms with Crippen LogP contribution >= 0.6 is 11.6 Å². The largest absolute Gasteiger partial charge is 0.293 e. The SMILES string of the molecule is Clc1ccc(-c2cccc3c4ccccc4n(-c4ccccn4)c23)cc1. The summed E-state index contributed by atoms with van der Waals surface area (Å²) in [6, 6.07) is 28.9. The predicted molar refractivity (Wildman–Crippen MR) is 109 cm³/mol. The fourth-order valence-electron chi connectivity index (χ4n) is 3.60. The zero-order valence-electron chi connectivity index (χ0n) is 13.9. The molecule has 0 N–H and O–H groups in total. The predicted octanol–water partition coefficient (Wildman–Crippen LogP) is 6.50. The van der Waals surface area contributed by atoms with Crippen molar-refractivity contribution in [2.24, 2.45) is 0 Å². The van der Waals surface area contributed by atoms with E-state index in [2.05, 4.69) is 64.1 Å². The van der Waals surface area contributed by atoms with E-state index < -0.39 is 0 Å². The van der Waals surface area contributed by atoms with Crippen molar-refractivity contribution in [1.29, 1.82) is 0 Å². The van der Waals surface area contributed by atoms with Crippen molar-refractivity contribution < 1.29 is 0 Å². The second-order valence-electron chi connectivity index (χ2n) is 6.25. The van der Waals surface area contributed by atoms with Gasteiger partial charge in [-0.05, 0) is 35.9 Å². The number of benzene rings is 3. The number of rotatable bonds is 2. The maximum absolute atomic E-state index is 6.09. The van der Waals surface area contributed by atoms with Crippen LogP contribution in [-0.4, -0.2) is 9.55 Å². The van der Waals surface area contributed by atoms with E-state index in [-0.39, 0.29) is 0 Å². The zero-order valence-corrected chi connectivity index (χ0v) is 14.7. The van der Waals surface area contributed by atoms with E-state index in [1.54, 1.807) is 0 Å². The third kappa shape index (κ3) is 2.31. The van der Waals surface area contributed by atoms with Crippen LogP contribution in [0.2, 0.25) is 5.02 Å². The third-order valence-corrected chi connectivity index (χ3v) is 4.98. The average molecular weight is 355 g/mol. The van der Waals surface area contributed by atoms with E-state index in [4.69, 9.17) is 11.6 Å². The van der Waals surface area contributed by atoms with Crippen LogP contribution in [0.3, 0.4) is 0 Å². The summed E-state index contributed by atoms with van der Waals surface area (Å²) in [6.45, 7) is 0. The molecule has 0 aliphatic carbocycles. The van der Waals surface area contributed by atoms with Crippen LogP contribution < -0.4 is 0 Å². The molecular formula is C23H15ClN2. The lowest BCUT2D eigenvalue weighted by Crippen LogP contribution is -1.97. The van der Waals surface area contributed by atoms with E-state index in [0.29, 0.717) is 0 Å². The summed E-state index contributed by atoms with van der Waals surface area (Å²) in [5.41, 5.74) is 4.62. The lowest BCUT2D eigenvalue weighted by atomic mass is 10.0. The molecule has 0 radical (unpaired) electrons. The van der Waals surface area contributed by atoms with Crippen molar-refractivity contribution in [3.8, 4) is 16.9 Å². The van der Waals surface area contributed by atoms with Crippen LogP contribution in [0.1, 0.15) is 0 Å². The number of hydrogen-bond donors (Lipinski definition) is 0. The fourth-order valence-corrected chi connectivity index (χ4v) is 3.73. The molecule has 0 aliphatic heterocycles. The second kappa shape index (κ2) is 6.01. The Kier molecular flexibility index (Phi) is 3.51. The molecule has 0 saturated carbocycles. The van der Waals surface area contributed by atoms with Crippen LogP contribution in [0.4, 0.5) is 0 Å². The molecule has 2 aromatic heterocycles. The molecule has 124 valence electrons. The van der Waals surface area contributed by atoms with Gasteiger partial charge in [-0.15, -0.1) is 0 Å². The van der Waals surface area contributed by atoms with Gasteiger partial charge in [-0.2, -0.15) is 0 Å². The van der Waals surface area contributed by atoms with Gasteiger partial charge in [0.05, 0.1) is 11.0 Å². The van der Waals surface area contributed by atoms with Crippen LogP contribution in [-0.2, 0) is 0 Å². The molecule has 0 amide bonds. The summed E-state index contributed by atoms with van der Waals surface area (Å²) in [5, 5.41) is 3.19. The summed E-state index contributed by atoms with van der Waals surface area (Å²) in [4.78, 5) is 4.61.